The minimum atomic E-state index is -0.170. The molecule has 1 aromatic heterocycles. The maximum Gasteiger partial charge on any atom is 0.254 e. The Kier molecular flexibility index (Phi) is 5.54. The molecule has 0 saturated carbocycles. The predicted octanol–water partition coefficient (Wildman–Crippen LogP) is 2.20. The number of furan rings is 1. The zero-order valence-corrected chi connectivity index (χ0v) is 12.1. The predicted molar refractivity (Wildman–Crippen MR) is 79.5 cm³/mol. The van der Waals surface area contributed by atoms with Crippen LogP contribution in [0.25, 0.3) is 0 Å². The van der Waals surface area contributed by atoms with Crippen LogP contribution < -0.4 is 11.1 Å². The van der Waals surface area contributed by atoms with Gasteiger partial charge in [0, 0.05) is 13.2 Å². The van der Waals surface area contributed by atoms with Gasteiger partial charge in [-0.05, 0) is 24.1 Å². The molecular formula is C16H20N2O3. The van der Waals surface area contributed by atoms with Crippen molar-refractivity contribution in [2.75, 3.05) is 6.61 Å². The summed E-state index contributed by atoms with van der Waals surface area (Å²) in [5.41, 5.74) is 8.08. The van der Waals surface area contributed by atoms with Gasteiger partial charge in [-0.15, -0.1) is 0 Å². The molecule has 5 heteroatoms. The summed E-state index contributed by atoms with van der Waals surface area (Å²) in [5, 5.41) is 2.84. The van der Waals surface area contributed by atoms with Crippen LogP contribution in [0.3, 0.4) is 0 Å². The van der Waals surface area contributed by atoms with Crippen LogP contribution in [0.5, 0.6) is 0 Å². The Morgan fingerprint density at radius 1 is 1.29 bits per heavy atom. The lowest BCUT2D eigenvalue weighted by molar-refractivity contribution is 0.0950. The number of nitrogens with two attached hydrogens (primary N) is 1. The summed E-state index contributed by atoms with van der Waals surface area (Å²) in [7, 11) is 0. The second-order valence-electron chi connectivity index (χ2n) is 4.64. The first kappa shape index (κ1) is 15.3. The first-order valence-electron chi connectivity index (χ1n) is 6.94. The summed E-state index contributed by atoms with van der Waals surface area (Å²) in [6.07, 6.45) is 1.42. The lowest BCUT2D eigenvalue weighted by Gasteiger charge is -2.06. The molecule has 112 valence electrons. The van der Waals surface area contributed by atoms with Gasteiger partial charge in [0.25, 0.3) is 5.91 Å². The lowest BCUT2D eigenvalue weighted by Crippen LogP contribution is -2.22. The van der Waals surface area contributed by atoms with E-state index in [1.807, 2.05) is 31.2 Å². The van der Waals surface area contributed by atoms with Crippen molar-refractivity contribution < 1.29 is 13.9 Å². The molecule has 1 heterocycles. The van der Waals surface area contributed by atoms with Gasteiger partial charge in [0.1, 0.15) is 12.0 Å². The van der Waals surface area contributed by atoms with Crippen molar-refractivity contribution >= 4 is 5.91 Å². The molecule has 0 aliphatic carbocycles. The third-order valence-electron chi connectivity index (χ3n) is 3.07. The number of amides is 1. The van der Waals surface area contributed by atoms with Crippen molar-refractivity contribution in [1.82, 2.24) is 5.32 Å². The lowest BCUT2D eigenvalue weighted by atomic mass is 10.1. The molecule has 0 atom stereocenters. The molecule has 0 unspecified atom stereocenters. The SMILES string of the molecule is CCOCc1ccc(CNC(=O)c2coc(CN)c2)cc1. The minimum absolute atomic E-state index is 0.170. The highest BCUT2D eigenvalue weighted by atomic mass is 16.5. The first-order chi connectivity index (χ1) is 10.2. The second kappa shape index (κ2) is 7.61. The summed E-state index contributed by atoms with van der Waals surface area (Å²) >= 11 is 0. The fourth-order valence-electron chi connectivity index (χ4n) is 1.86. The van der Waals surface area contributed by atoms with Crippen LogP contribution in [-0.2, 0) is 24.4 Å². The summed E-state index contributed by atoms with van der Waals surface area (Å²) in [6.45, 7) is 4.04. The first-order valence-corrected chi connectivity index (χ1v) is 6.94. The highest BCUT2D eigenvalue weighted by Crippen LogP contribution is 2.08. The molecule has 0 aliphatic rings. The van der Waals surface area contributed by atoms with Crippen molar-refractivity contribution in [3.05, 3.63) is 59.0 Å². The quantitative estimate of drug-likeness (QED) is 0.819. The highest BCUT2D eigenvalue weighted by molar-refractivity contribution is 5.93. The molecule has 0 fully saturated rings. The average molecular weight is 288 g/mol. The van der Waals surface area contributed by atoms with Crippen molar-refractivity contribution in [3.63, 3.8) is 0 Å². The summed E-state index contributed by atoms with van der Waals surface area (Å²) in [6, 6.07) is 9.62. The van der Waals surface area contributed by atoms with Gasteiger partial charge in [-0.3, -0.25) is 4.79 Å². The Bertz CT molecular complexity index is 575. The molecule has 0 spiro atoms. The van der Waals surface area contributed by atoms with Crippen LogP contribution in [0.4, 0.5) is 0 Å². The monoisotopic (exact) mass is 288 g/mol. The number of rotatable bonds is 7. The summed E-state index contributed by atoms with van der Waals surface area (Å²) in [5.74, 6) is 0.428. The summed E-state index contributed by atoms with van der Waals surface area (Å²) in [4.78, 5) is 11.9. The van der Waals surface area contributed by atoms with Gasteiger partial charge in [0.05, 0.1) is 18.7 Å². The van der Waals surface area contributed by atoms with E-state index in [9.17, 15) is 4.79 Å². The van der Waals surface area contributed by atoms with Gasteiger partial charge in [-0.25, -0.2) is 0 Å². The fraction of sp³-hybridized carbons (Fsp3) is 0.312. The van der Waals surface area contributed by atoms with Crippen LogP contribution in [-0.4, -0.2) is 12.5 Å². The Hall–Kier alpha value is -2.11. The van der Waals surface area contributed by atoms with E-state index in [2.05, 4.69) is 5.32 Å². The number of carbonyl (C=O) groups is 1. The Labute approximate surface area is 124 Å². The Balaban J connectivity index is 1.86. The third kappa shape index (κ3) is 4.44. The number of hydrogen-bond acceptors (Lipinski definition) is 4. The zero-order chi connectivity index (χ0) is 15.1. The maximum atomic E-state index is 11.9. The molecule has 2 rings (SSSR count). The van der Waals surface area contributed by atoms with E-state index in [-0.39, 0.29) is 12.5 Å². The van der Waals surface area contributed by atoms with Crippen LogP contribution in [0, 0.1) is 0 Å². The molecule has 2 aromatic rings. The highest BCUT2D eigenvalue weighted by Gasteiger charge is 2.09. The molecule has 1 aromatic carbocycles. The smallest absolute Gasteiger partial charge is 0.254 e. The van der Waals surface area contributed by atoms with Crippen LogP contribution in [0.1, 0.15) is 34.2 Å². The average Bonchev–Trinajstić information content (AvgIpc) is 3.00. The number of benzene rings is 1. The van der Waals surface area contributed by atoms with Crippen LogP contribution >= 0.6 is 0 Å². The van der Waals surface area contributed by atoms with E-state index in [1.54, 1.807) is 6.07 Å². The van der Waals surface area contributed by atoms with E-state index in [0.29, 0.717) is 31.1 Å². The van der Waals surface area contributed by atoms with Gasteiger partial charge in [0.2, 0.25) is 0 Å². The number of nitrogens with one attached hydrogen (secondary N) is 1. The largest absolute Gasteiger partial charge is 0.467 e. The molecule has 5 nitrogen and oxygen atoms in total. The number of carbonyl (C=O) groups excluding carboxylic acids is 1. The molecule has 0 saturated heterocycles. The van der Waals surface area contributed by atoms with E-state index < -0.39 is 0 Å². The van der Waals surface area contributed by atoms with E-state index in [1.165, 1.54) is 6.26 Å². The van der Waals surface area contributed by atoms with Gasteiger partial charge < -0.3 is 20.2 Å². The molecule has 3 N–H and O–H groups in total. The molecule has 21 heavy (non-hydrogen) atoms. The molecule has 0 aliphatic heterocycles. The third-order valence-corrected chi connectivity index (χ3v) is 3.07. The van der Waals surface area contributed by atoms with E-state index in [0.717, 1.165) is 11.1 Å². The molecule has 0 bridgehead atoms. The minimum Gasteiger partial charge on any atom is -0.467 e. The fourth-order valence-corrected chi connectivity index (χ4v) is 1.86. The van der Waals surface area contributed by atoms with Gasteiger partial charge in [0.15, 0.2) is 0 Å². The molecule has 1 amide bonds. The maximum absolute atomic E-state index is 11.9. The van der Waals surface area contributed by atoms with Gasteiger partial charge in [-0.1, -0.05) is 24.3 Å². The standard InChI is InChI=1S/C16H20N2O3/c1-2-20-10-13-5-3-12(4-6-13)9-18-16(19)14-7-15(8-17)21-11-14/h3-7,11H,2,8-10,17H2,1H3,(H,18,19). The van der Waals surface area contributed by atoms with Gasteiger partial charge in [-0.2, -0.15) is 0 Å². The number of ether oxygens (including phenoxy) is 1. The molecule has 0 radical (unpaired) electrons. The normalized spacial score (nSPS) is 10.6. The van der Waals surface area contributed by atoms with E-state index >= 15 is 0 Å². The zero-order valence-electron chi connectivity index (χ0n) is 12.1. The summed E-state index contributed by atoms with van der Waals surface area (Å²) < 4.78 is 10.5. The topological polar surface area (TPSA) is 77.5 Å². The van der Waals surface area contributed by atoms with Crippen molar-refractivity contribution in [1.29, 1.82) is 0 Å². The number of hydrogen-bond donors (Lipinski definition) is 2. The van der Waals surface area contributed by atoms with Crippen molar-refractivity contribution in [3.8, 4) is 0 Å². The Morgan fingerprint density at radius 2 is 2.00 bits per heavy atom. The van der Waals surface area contributed by atoms with Crippen molar-refractivity contribution in [2.24, 2.45) is 5.73 Å². The van der Waals surface area contributed by atoms with Crippen LogP contribution in [0.15, 0.2) is 41.0 Å². The molecular weight excluding hydrogens is 268 g/mol. The van der Waals surface area contributed by atoms with E-state index in [4.69, 9.17) is 14.9 Å². The van der Waals surface area contributed by atoms with Gasteiger partial charge >= 0.3 is 0 Å². The van der Waals surface area contributed by atoms with Crippen molar-refractivity contribution in [2.45, 2.75) is 26.6 Å². The Morgan fingerprint density at radius 3 is 2.62 bits per heavy atom. The van der Waals surface area contributed by atoms with Crippen LogP contribution in [0.2, 0.25) is 0 Å². The second-order valence-corrected chi connectivity index (χ2v) is 4.64.